The van der Waals surface area contributed by atoms with Crippen LogP contribution in [0.5, 0.6) is 17.2 Å². The molecule has 1 aliphatic heterocycles. The van der Waals surface area contributed by atoms with E-state index < -0.39 is 6.10 Å². The highest BCUT2D eigenvalue weighted by Crippen LogP contribution is 2.42. The van der Waals surface area contributed by atoms with E-state index in [2.05, 4.69) is 15.2 Å². The predicted molar refractivity (Wildman–Crippen MR) is 83.8 cm³/mol. The summed E-state index contributed by atoms with van der Waals surface area (Å²) >= 11 is 0. The van der Waals surface area contributed by atoms with Crippen molar-refractivity contribution >= 4 is 11.6 Å². The zero-order valence-corrected chi connectivity index (χ0v) is 12.0. The third-order valence-corrected chi connectivity index (χ3v) is 3.70. The van der Waals surface area contributed by atoms with E-state index >= 15 is 0 Å². The Bertz CT molecular complexity index is 871. The molecule has 114 valence electrons. The number of phenols is 2. The van der Waals surface area contributed by atoms with Crippen LogP contribution in [0, 0.1) is 0 Å². The fourth-order valence-electron chi connectivity index (χ4n) is 2.60. The molecule has 6 heteroatoms. The normalized spacial score (nSPS) is 16.3. The number of nitrogens with zero attached hydrogens (tertiary/aromatic N) is 2. The number of phenolic OH excluding ortho intramolecular Hbond substituents is 2. The summed E-state index contributed by atoms with van der Waals surface area (Å²) in [6.07, 6.45) is 2.97. The van der Waals surface area contributed by atoms with Crippen LogP contribution in [-0.4, -0.2) is 25.4 Å². The molecule has 6 nitrogen and oxygen atoms in total. The van der Waals surface area contributed by atoms with Crippen molar-refractivity contribution in [3.05, 3.63) is 65.7 Å². The van der Waals surface area contributed by atoms with Crippen LogP contribution >= 0.6 is 0 Å². The lowest BCUT2D eigenvalue weighted by molar-refractivity contribution is 0.250. The number of aromatic hydroxyl groups is 2. The van der Waals surface area contributed by atoms with Crippen LogP contribution < -0.4 is 4.74 Å². The third-order valence-electron chi connectivity index (χ3n) is 3.70. The Morgan fingerprint density at radius 2 is 1.78 bits per heavy atom. The van der Waals surface area contributed by atoms with Crippen LogP contribution in [0.15, 0.2) is 48.8 Å². The molecule has 1 atom stereocenters. The number of aromatic nitrogens is 3. The molecule has 2 aromatic carbocycles. The van der Waals surface area contributed by atoms with Crippen LogP contribution in [0.4, 0.5) is 0 Å². The Kier molecular flexibility index (Phi) is 3.01. The molecule has 3 aromatic rings. The second kappa shape index (κ2) is 5.17. The SMILES string of the molecule is Oc1ccc(C2=Cc3ccc(O)cc3OC2c2nc[nH]n2)cc1. The molecular weight excluding hydrogens is 294 g/mol. The standard InChI is InChI=1S/C17H13N3O3/c21-12-4-1-10(2-5-12)14-7-11-3-6-13(22)8-15(11)23-16(14)17-18-9-19-20-17/h1-9,16,21-22H,(H,18,19,20). The Morgan fingerprint density at radius 1 is 1.00 bits per heavy atom. The topological polar surface area (TPSA) is 91.3 Å². The third kappa shape index (κ3) is 2.40. The molecule has 0 bridgehead atoms. The zero-order chi connectivity index (χ0) is 15.8. The van der Waals surface area contributed by atoms with Crippen LogP contribution in [0.3, 0.4) is 0 Å². The van der Waals surface area contributed by atoms with E-state index in [1.165, 1.54) is 6.33 Å². The summed E-state index contributed by atoms with van der Waals surface area (Å²) in [6.45, 7) is 0. The molecule has 0 saturated carbocycles. The van der Waals surface area contributed by atoms with Gasteiger partial charge in [-0.1, -0.05) is 12.1 Å². The molecular formula is C17H13N3O3. The lowest BCUT2D eigenvalue weighted by Gasteiger charge is -2.26. The first-order valence-electron chi connectivity index (χ1n) is 7.07. The van der Waals surface area contributed by atoms with Crippen LogP contribution in [-0.2, 0) is 0 Å². The van der Waals surface area contributed by atoms with E-state index in [1.807, 2.05) is 18.2 Å². The van der Waals surface area contributed by atoms with Crippen molar-refractivity contribution < 1.29 is 14.9 Å². The highest BCUT2D eigenvalue weighted by molar-refractivity contribution is 5.87. The van der Waals surface area contributed by atoms with E-state index in [0.29, 0.717) is 11.6 Å². The summed E-state index contributed by atoms with van der Waals surface area (Å²) in [5.74, 6) is 1.41. The first kappa shape index (κ1) is 13.4. The van der Waals surface area contributed by atoms with E-state index in [0.717, 1.165) is 16.7 Å². The minimum absolute atomic E-state index is 0.138. The van der Waals surface area contributed by atoms with Gasteiger partial charge >= 0.3 is 0 Å². The van der Waals surface area contributed by atoms with Crippen molar-refractivity contribution in [1.29, 1.82) is 0 Å². The molecule has 0 aliphatic carbocycles. The van der Waals surface area contributed by atoms with Crippen LogP contribution in [0.2, 0.25) is 0 Å². The van der Waals surface area contributed by atoms with Crippen molar-refractivity contribution in [3.63, 3.8) is 0 Å². The van der Waals surface area contributed by atoms with Gasteiger partial charge in [0.05, 0.1) is 0 Å². The molecule has 0 spiro atoms. The van der Waals surface area contributed by atoms with Gasteiger partial charge in [0.1, 0.15) is 23.6 Å². The first-order valence-corrected chi connectivity index (χ1v) is 7.07. The van der Waals surface area contributed by atoms with E-state index in [1.54, 1.807) is 30.3 Å². The van der Waals surface area contributed by atoms with Crippen molar-refractivity contribution in [2.75, 3.05) is 0 Å². The smallest absolute Gasteiger partial charge is 0.195 e. The Morgan fingerprint density at radius 3 is 2.52 bits per heavy atom. The number of ether oxygens (including phenoxy) is 1. The van der Waals surface area contributed by atoms with Gasteiger partial charge in [-0.2, -0.15) is 5.10 Å². The summed E-state index contributed by atoms with van der Waals surface area (Å²) in [6, 6.07) is 11.8. The van der Waals surface area contributed by atoms with Gasteiger partial charge in [0.15, 0.2) is 11.9 Å². The van der Waals surface area contributed by atoms with Crippen molar-refractivity contribution in [2.45, 2.75) is 6.10 Å². The van der Waals surface area contributed by atoms with Crippen molar-refractivity contribution in [3.8, 4) is 17.2 Å². The summed E-state index contributed by atoms with van der Waals surface area (Å²) in [5, 5.41) is 25.9. The molecule has 4 rings (SSSR count). The lowest BCUT2D eigenvalue weighted by atomic mass is 9.94. The highest BCUT2D eigenvalue weighted by atomic mass is 16.5. The maximum absolute atomic E-state index is 9.65. The average molecular weight is 307 g/mol. The molecule has 1 unspecified atom stereocenters. The van der Waals surface area contributed by atoms with Crippen LogP contribution in [0.1, 0.15) is 23.1 Å². The fourth-order valence-corrected chi connectivity index (χ4v) is 2.60. The number of H-pyrrole nitrogens is 1. The molecule has 2 heterocycles. The maximum atomic E-state index is 9.65. The monoisotopic (exact) mass is 307 g/mol. The van der Waals surface area contributed by atoms with E-state index in [4.69, 9.17) is 4.74 Å². The number of nitrogens with one attached hydrogen (secondary N) is 1. The minimum atomic E-state index is -0.500. The number of rotatable bonds is 2. The summed E-state index contributed by atoms with van der Waals surface area (Å²) in [4.78, 5) is 4.18. The quantitative estimate of drug-likeness (QED) is 0.677. The molecule has 1 aromatic heterocycles. The summed E-state index contributed by atoms with van der Waals surface area (Å²) in [7, 11) is 0. The second-order valence-corrected chi connectivity index (χ2v) is 5.22. The number of hydrogen-bond donors (Lipinski definition) is 3. The van der Waals surface area contributed by atoms with Gasteiger partial charge in [0, 0.05) is 17.2 Å². The maximum Gasteiger partial charge on any atom is 0.195 e. The second-order valence-electron chi connectivity index (χ2n) is 5.22. The van der Waals surface area contributed by atoms with Crippen LogP contribution in [0.25, 0.3) is 11.6 Å². The number of aromatic amines is 1. The Labute approximate surface area is 131 Å². The van der Waals surface area contributed by atoms with Gasteiger partial charge in [-0.15, -0.1) is 0 Å². The van der Waals surface area contributed by atoms with Gasteiger partial charge in [-0.3, -0.25) is 5.10 Å². The molecule has 0 saturated heterocycles. The predicted octanol–water partition coefficient (Wildman–Crippen LogP) is 2.89. The fraction of sp³-hybridized carbons (Fsp3) is 0.0588. The minimum Gasteiger partial charge on any atom is -0.508 e. The molecule has 0 fully saturated rings. The number of fused-ring (bicyclic) bond motifs is 1. The van der Waals surface area contributed by atoms with Gasteiger partial charge < -0.3 is 14.9 Å². The van der Waals surface area contributed by atoms with Gasteiger partial charge in [-0.05, 0) is 35.9 Å². The van der Waals surface area contributed by atoms with Crippen molar-refractivity contribution in [2.24, 2.45) is 0 Å². The number of hydrogen-bond acceptors (Lipinski definition) is 5. The van der Waals surface area contributed by atoms with E-state index in [9.17, 15) is 10.2 Å². The summed E-state index contributed by atoms with van der Waals surface area (Å²) in [5.41, 5.74) is 2.64. The zero-order valence-electron chi connectivity index (χ0n) is 12.0. The molecule has 1 aliphatic rings. The van der Waals surface area contributed by atoms with Gasteiger partial charge in [-0.25, -0.2) is 4.98 Å². The lowest BCUT2D eigenvalue weighted by Crippen LogP contribution is -2.15. The molecule has 3 N–H and O–H groups in total. The van der Waals surface area contributed by atoms with Gasteiger partial charge in [0.25, 0.3) is 0 Å². The average Bonchev–Trinajstić information content (AvgIpc) is 3.09. The van der Waals surface area contributed by atoms with E-state index in [-0.39, 0.29) is 11.5 Å². The first-order chi connectivity index (χ1) is 11.2. The largest absolute Gasteiger partial charge is 0.508 e. The molecule has 23 heavy (non-hydrogen) atoms. The van der Waals surface area contributed by atoms with Crippen molar-refractivity contribution in [1.82, 2.24) is 15.2 Å². The summed E-state index contributed by atoms with van der Waals surface area (Å²) < 4.78 is 6.02. The molecule has 0 amide bonds. The Balaban J connectivity index is 1.86. The highest BCUT2D eigenvalue weighted by Gasteiger charge is 2.28. The molecule has 0 radical (unpaired) electrons. The number of benzene rings is 2. The Hall–Kier alpha value is -3.28. The van der Waals surface area contributed by atoms with Gasteiger partial charge in [0.2, 0.25) is 0 Å².